The lowest BCUT2D eigenvalue weighted by Gasteiger charge is -2.09. The predicted molar refractivity (Wildman–Crippen MR) is 92.6 cm³/mol. The van der Waals surface area contributed by atoms with Gasteiger partial charge in [-0.1, -0.05) is 6.07 Å². The highest BCUT2D eigenvalue weighted by molar-refractivity contribution is 6.39. The molecule has 0 spiro atoms. The van der Waals surface area contributed by atoms with E-state index in [9.17, 15) is 18.8 Å². The first-order valence-corrected chi connectivity index (χ1v) is 7.57. The maximum absolute atomic E-state index is 12.8. The van der Waals surface area contributed by atoms with Gasteiger partial charge in [0.05, 0.1) is 6.54 Å². The lowest BCUT2D eigenvalue weighted by molar-refractivity contribution is -0.136. The number of carbonyl (C=O) groups is 3. The fraction of sp³-hybridized carbons (Fsp3) is 0.167. The van der Waals surface area contributed by atoms with Crippen LogP contribution in [-0.2, 0) is 14.4 Å². The molecule has 0 aliphatic carbocycles. The van der Waals surface area contributed by atoms with Crippen molar-refractivity contribution in [1.82, 2.24) is 5.32 Å². The fourth-order valence-corrected chi connectivity index (χ4v) is 1.99. The highest BCUT2D eigenvalue weighted by Crippen LogP contribution is 2.13. The maximum Gasteiger partial charge on any atom is 0.313 e. The van der Waals surface area contributed by atoms with Gasteiger partial charge in [0.2, 0.25) is 5.91 Å². The molecule has 25 heavy (non-hydrogen) atoms. The number of rotatable bonds is 4. The second kappa shape index (κ2) is 8.05. The van der Waals surface area contributed by atoms with Crippen molar-refractivity contribution in [1.29, 1.82) is 0 Å². The highest BCUT2D eigenvalue weighted by Gasteiger charge is 2.15. The van der Waals surface area contributed by atoms with Gasteiger partial charge < -0.3 is 16.0 Å². The smallest absolute Gasteiger partial charge is 0.313 e. The molecule has 0 heterocycles. The van der Waals surface area contributed by atoms with Crippen molar-refractivity contribution in [3.05, 3.63) is 59.4 Å². The molecule has 0 saturated carbocycles. The van der Waals surface area contributed by atoms with E-state index in [1.54, 1.807) is 6.07 Å². The van der Waals surface area contributed by atoms with Crippen LogP contribution in [0.4, 0.5) is 15.8 Å². The highest BCUT2D eigenvalue weighted by atomic mass is 19.1. The molecule has 3 N–H and O–H groups in total. The van der Waals surface area contributed by atoms with Gasteiger partial charge in [0.1, 0.15) is 5.82 Å². The van der Waals surface area contributed by atoms with Gasteiger partial charge in [-0.15, -0.1) is 0 Å². The number of nitrogens with one attached hydrogen (secondary N) is 3. The third-order valence-corrected chi connectivity index (χ3v) is 3.51. The number of amides is 3. The van der Waals surface area contributed by atoms with E-state index < -0.39 is 23.5 Å². The second-order valence-electron chi connectivity index (χ2n) is 5.49. The van der Waals surface area contributed by atoms with Crippen LogP contribution >= 0.6 is 0 Å². The summed E-state index contributed by atoms with van der Waals surface area (Å²) >= 11 is 0. The van der Waals surface area contributed by atoms with E-state index in [0.717, 1.165) is 23.3 Å². The average Bonchev–Trinajstić information content (AvgIpc) is 2.58. The van der Waals surface area contributed by atoms with E-state index in [-0.39, 0.29) is 12.2 Å². The minimum Gasteiger partial charge on any atom is -0.339 e. The summed E-state index contributed by atoms with van der Waals surface area (Å²) in [5.74, 6) is -2.80. The Morgan fingerprint density at radius 3 is 2.12 bits per heavy atom. The molecule has 0 saturated heterocycles. The summed E-state index contributed by atoms with van der Waals surface area (Å²) in [5.41, 5.74) is 3.02. The Balaban J connectivity index is 1.81. The van der Waals surface area contributed by atoms with Crippen molar-refractivity contribution < 1.29 is 18.8 Å². The standard InChI is InChI=1S/C18H18FN3O3/c1-11-3-6-15(9-12(11)2)21-16(23)10-20-17(24)18(25)22-14-7-4-13(19)5-8-14/h3-9H,10H2,1-2H3,(H,20,24)(H,21,23)(H,22,25). The van der Waals surface area contributed by atoms with Gasteiger partial charge in [-0.2, -0.15) is 0 Å². The molecule has 2 aromatic rings. The normalized spacial score (nSPS) is 10.0. The Labute approximate surface area is 144 Å². The van der Waals surface area contributed by atoms with Crippen molar-refractivity contribution in [2.24, 2.45) is 0 Å². The summed E-state index contributed by atoms with van der Waals surface area (Å²) in [6, 6.07) is 10.4. The lowest BCUT2D eigenvalue weighted by atomic mass is 10.1. The van der Waals surface area contributed by atoms with Crippen molar-refractivity contribution in [2.45, 2.75) is 13.8 Å². The Morgan fingerprint density at radius 1 is 0.840 bits per heavy atom. The predicted octanol–water partition coefficient (Wildman–Crippen LogP) is 2.14. The molecular weight excluding hydrogens is 325 g/mol. The van der Waals surface area contributed by atoms with Crippen LogP contribution in [0, 0.1) is 19.7 Å². The van der Waals surface area contributed by atoms with Crippen LogP contribution in [0.2, 0.25) is 0 Å². The molecule has 0 aromatic heterocycles. The number of aryl methyl sites for hydroxylation is 2. The quantitative estimate of drug-likeness (QED) is 0.743. The summed E-state index contributed by atoms with van der Waals surface area (Å²) < 4.78 is 12.8. The van der Waals surface area contributed by atoms with E-state index in [2.05, 4.69) is 16.0 Å². The van der Waals surface area contributed by atoms with Crippen molar-refractivity contribution >= 4 is 29.1 Å². The molecule has 0 aliphatic rings. The number of hydrogen-bond donors (Lipinski definition) is 3. The van der Waals surface area contributed by atoms with Gasteiger partial charge in [-0.25, -0.2) is 4.39 Å². The first-order chi connectivity index (χ1) is 11.8. The summed E-state index contributed by atoms with van der Waals surface area (Å²) in [5, 5.41) is 7.16. The number of hydrogen-bond acceptors (Lipinski definition) is 3. The molecule has 0 radical (unpaired) electrons. The average molecular weight is 343 g/mol. The van der Waals surface area contributed by atoms with Crippen LogP contribution in [0.5, 0.6) is 0 Å². The summed E-state index contributed by atoms with van der Waals surface area (Å²) in [6.45, 7) is 3.54. The Kier molecular flexibility index (Phi) is 5.84. The van der Waals surface area contributed by atoms with E-state index in [1.807, 2.05) is 26.0 Å². The molecule has 0 fully saturated rings. The Morgan fingerprint density at radius 2 is 1.48 bits per heavy atom. The van der Waals surface area contributed by atoms with Crippen LogP contribution in [0.1, 0.15) is 11.1 Å². The first kappa shape index (κ1) is 18.1. The topological polar surface area (TPSA) is 87.3 Å². The largest absolute Gasteiger partial charge is 0.339 e. The molecule has 0 bridgehead atoms. The zero-order chi connectivity index (χ0) is 18.4. The Hall–Kier alpha value is -3.22. The lowest BCUT2D eigenvalue weighted by Crippen LogP contribution is -2.39. The summed E-state index contributed by atoms with van der Waals surface area (Å²) in [6.07, 6.45) is 0. The van der Waals surface area contributed by atoms with Crippen LogP contribution in [0.15, 0.2) is 42.5 Å². The molecule has 0 atom stereocenters. The third-order valence-electron chi connectivity index (χ3n) is 3.51. The fourth-order valence-electron chi connectivity index (χ4n) is 1.99. The molecule has 7 heteroatoms. The van der Waals surface area contributed by atoms with Crippen LogP contribution in [-0.4, -0.2) is 24.3 Å². The molecule has 2 rings (SSSR count). The third kappa shape index (κ3) is 5.42. The number of carbonyl (C=O) groups excluding carboxylic acids is 3. The summed E-state index contributed by atoms with van der Waals surface area (Å²) in [4.78, 5) is 35.2. The van der Waals surface area contributed by atoms with Gasteiger partial charge in [-0.05, 0) is 61.4 Å². The van der Waals surface area contributed by atoms with E-state index in [4.69, 9.17) is 0 Å². The second-order valence-corrected chi connectivity index (χ2v) is 5.49. The molecule has 0 aliphatic heterocycles. The van der Waals surface area contributed by atoms with Crippen LogP contribution < -0.4 is 16.0 Å². The van der Waals surface area contributed by atoms with Gasteiger partial charge in [0.15, 0.2) is 0 Å². The molecule has 130 valence electrons. The van der Waals surface area contributed by atoms with Crippen LogP contribution in [0.3, 0.4) is 0 Å². The maximum atomic E-state index is 12.8. The number of anilines is 2. The monoisotopic (exact) mass is 343 g/mol. The van der Waals surface area contributed by atoms with E-state index in [0.29, 0.717) is 5.69 Å². The van der Waals surface area contributed by atoms with Gasteiger partial charge in [-0.3, -0.25) is 14.4 Å². The first-order valence-electron chi connectivity index (χ1n) is 7.57. The van der Waals surface area contributed by atoms with Gasteiger partial charge in [0.25, 0.3) is 0 Å². The van der Waals surface area contributed by atoms with E-state index >= 15 is 0 Å². The molecule has 3 amide bonds. The van der Waals surface area contributed by atoms with E-state index in [1.165, 1.54) is 12.1 Å². The Bertz CT molecular complexity index is 804. The zero-order valence-electron chi connectivity index (χ0n) is 13.9. The molecule has 2 aromatic carbocycles. The van der Waals surface area contributed by atoms with Gasteiger partial charge in [0, 0.05) is 11.4 Å². The summed E-state index contributed by atoms with van der Waals surface area (Å²) in [7, 11) is 0. The SMILES string of the molecule is Cc1ccc(NC(=O)CNC(=O)C(=O)Nc2ccc(F)cc2)cc1C. The van der Waals surface area contributed by atoms with Crippen molar-refractivity contribution in [3.8, 4) is 0 Å². The van der Waals surface area contributed by atoms with Crippen LogP contribution in [0.25, 0.3) is 0 Å². The zero-order valence-corrected chi connectivity index (χ0v) is 13.9. The molecular formula is C18H18FN3O3. The van der Waals surface area contributed by atoms with Gasteiger partial charge >= 0.3 is 11.8 Å². The van der Waals surface area contributed by atoms with Crippen molar-refractivity contribution in [2.75, 3.05) is 17.2 Å². The van der Waals surface area contributed by atoms with Crippen molar-refractivity contribution in [3.63, 3.8) is 0 Å². The number of benzene rings is 2. The number of halogens is 1. The molecule has 0 unspecified atom stereocenters. The minimum atomic E-state index is -0.959. The molecule has 6 nitrogen and oxygen atoms in total. The minimum absolute atomic E-state index is 0.279.